The Labute approximate surface area is 98.2 Å². The lowest BCUT2D eigenvalue weighted by atomic mass is 10.2. The molecule has 0 unspecified atom stereocenters. The summed E-state index contributed by atoms with van der Waals surface area (Å²) in [4.78, 5) is 5.39. The molecular weight excluding hydrogens is 216 g/mol. The van der Waals surface area contributed by atoms with Crippen LogP contribution in [0.2, 0.25) is 0 Å². The van der Waals surface area contributed by atoms with Gasteiger partial charge < -0.3 is 4.57 Å². The zero-order chi connectivity index (χ0) is 11.0. The lowest BCUT2D eigenvalue weighted by Gasteiger charge is -2.03. The van der Waals surface area contributed by atoms with E-state index in [9.17, 15) is 0 Å². The van der Waals surface area contributed by atoms with Gasteiger partial charge in [0.15, 0.2) is 0 Å². The van der Waals surface area contributed by atoms with E-state index in [2.05, 4.69) is 46.9 Å². The molecule has 80 valence electrons. The van der Waals surface area contributed by atoms with Crippen LogP contribution in [0.4, 0.5) is 0 Å². The number of aryl methyl sites for hydroxylation is 1. The Morgan fingerprint density at radius 1 is 1.31 bits per heavy atom. The van der Waals surface area contributed by atoms with Crippen LogP contribution in [-0.2, 0) is 6.54 Å². The van der Waals surface area contributed by atoms with E-state index in [0.717, 1.165) is 6.54 Å². The highest BCUT2D eigenvalue weighted by Gasteiger charge is 2.02. The number of thiazole rings is 1. The van der Waals surface area contributed by atoms with E-state index in [4.69, 9.17) is 0 Å². The van der Waals surface area contributed by atoms with Gasteiger partial charge in [0.25, 0.3) is 0 Å². The Hall–Kier alpha value is -1.61. The number of hydrogen-bond donors (Lipinski definition) is 0. The molecule has 0 N–H and O–H groups in total. The van der Waals surface area contributed by atoms with E-state index in [1.807, 2.05) is 11.7 Å². The summed E-state index contributed by atoms with van der Waals surface area (Å²) in [5.41, 5.74) is 4.48. The van der Waals surface area contributed by atoms with Gasteiger partial charge in [-0.3, -0.25) is 4.98 Å². The summed E-state index contributed by atoms with van der Waals surface area (Å²) in [6.45, 7) is 3.04. The first kappa shape index (κ1) is 9.60. The second-order valence-corrected chi connectivity index (χ2v) is 4.94. The van der Waals surface area contributed by atoms with Crippen molar-refractivity contribution in [2.75, 3.05) is 0 Å². The number of fused-ring (bicyclic) bond motifs is 1. The maximum atomic E-state index is 4.10. The van der Waals surface area contributed by atoms with Crippen molar-refractivity contribution in [3.05, 3.63) is 52.6 Å². The Morgan fingerprint density at radius 2 is 2.25 bits per heavy atom. The van der Waals surface area contributed by atoms with Gasteiger partial charge in [-0.1, -0.05) is 11.6 Å². The summed E-state index contributed by atoms with van der Waals surface area (Å²) in [6.07, 6.45) is 4.08. The predicted molar refractivity (Wildman–Crippen MR) is 67.9 cm³/mol. The molecule has 16 heavy (non-hydrogen) atoms. The van der Waals surface area contributed by atoms with Gasteiger partial charge in [-0.05, 0) is 30.5 Å². The van der Waals surface area contributed by atoms with E-state index in [-0.39, 0.29) is 0 Å². The molecule has 0 spiro atoms. The molecule has 0 saturated carbocycles. The lowest BCUT2D eigenvalue weighted by molar-refractivity contribution is 0.849. The highest BCUT2D eigenvalue weighted by molar-refractivity contribution is 7.09. The monoisotopic (exact) mass is 228 g/mol. The molecule has 0 amide bonds. The van der Waals surface area contributed by atoms with Crippen molar-refractivity contribution in [1.82, 2.24) is 9.55 Å². The van der Waals surface area contributed by atoms with Crippen LogP contribution in [0.15, 0.2) is 42.2 Å². The van der Waals surface area contributed by atoms with Gasteiger partial charge in [0.1, 0.15) is 0 Å². The molecule has 2 aromatic heterocycles. The topological polar surface area (TPSA) is 17.8 Å². The van der Waals surface area contributed by atoms with Gasteiger partial charge in [0.2, 0.25) is 0 Å². The standard InChI is InChI=1S/C13H12N2S/c1-10-2-3-13-11(6-10)4-5-15(13)8-12-7-14-9-16-12/h2-7,9H,8H2,1H3. The average molecular weight is 228 g/mol. The van der Waals surface area contributed by atoms with Crippen molar-refractivity contribution in [2.45, 2.75) is 13.5 Å². The molecule has 2 heterocycles. The molecule has 0 aliphatic carbocycles. The van der Waals surface area contributed by atoms with Crippen LogP contribution in [0, 0.1) is 6.92 Å². The van der Waals surface area contributed by atoms with E-state index < -0.39 is 0 Å². The molecule has 3 heteroatoms. The van der Waals surface area contributed by atoms with Crippen LogP contribution in [-0.4, -0.2) is 9.55 Å². The fourth-order valence-electron chi connectivity index (χ4n) is 1.95. The van der Waals surface area contributed by atoms with Crippen molar-refractivity contribution in [3.63, 3.8) is 0 Å². The first-order chi connectivity index (χ1) is 7.83. The Morgan fingerprint density at radius 3 is 3.06 bits per heavy atom. The third-order valence-corrected chi connectivity index (χ3v) is 3.50. The first-order valence-electron chi connectivity index (χ1n) is 5.26. The van der Waals surface area contributed by atoms with Gasteiger partial charge >= 0.3 is 0 Å². The normalized spacial score (nSPS) is 11.1. The van der Waals surface area contributed by atoms with Crippen LogP contribution in [0.1, 0.15) is 10.4 Å². The van der Waals surface area contributed by atoms with Gasteiger partial charge in [0.05, 0.1) is 12.1 Å². The SMILES string of the molecule is Cc1ccc2c(ccn2Cc2cncs2)c1. The van der Waals surface area contributed by atoms with Crippen molar-refractivity contribution in [3.8, 4) is 0 Å². The molecule has 0 bridgehead atoms. The van der Waals surface area contributed by atoms with Gasteiger partial charge in [0, 0.05) is 22.8 Å². The van der Waals surface area contributed by atoms with E-state index in [0.29, 0.717) is 0 Å². The van der Waals surface area contributed by atoms with Crippen molar-refractivity contribution >= 4 is 22.2 Å². The molecule has 0 atom stereocenters. The van der Waals surface area contributed by atoms with Crippen LogP contribution < -0.4 is 0 Å². The molecule has 3 rings (SSSR count). The number of hydrogen-bond acceptors (Lipinski definition) is 2. The predicted octanol–water partition coefficient (Wildman–Crippen LogP) is 3.45. The summed E-state index contributed by atoms with van der Waals surface area (Å²) in [5.74, 6) is 0. The number of benzene rings is 1. The van der Waals surface area contributed by atoms with Crippen LogP contribution in [0.5, 0.6) is 0 Å². The summed E-state index contributed by atoms with van der Waals surface area (Å²) in [7, 11) is 0. The first-order valence-corrected chi connectivity index (χ1v) is 6.14. The molecule has 3 aromatic rings. The minimum Gasteiger partial charge on any atom is -0.342 e. The molecule has 0 aliphatic heterocycles. The number of nitrogens with zero attached hydrogens (tertiary/aromatic N) is 2. The zero-order valence-electron chi connectivity index (χ0n) is 9.05. The molecule has 0 fully saturated rings. The van der Waals surface area contributed by atoms with Crippen molar-refractivity contribution in [1.29, 1.82) is 0 Å². The molecule has 0 aliphatic rings. The number of aromatic nitrogens is 2. The van der Waals surface area contributed by atoms with E-state index >= 15 is 0 Å². The average Bonchev–Trinajstić information content (AvgIpc) is 2.89. The quantitative estimate of drug-likeness (QED) is 0.657. The second-order valence-electron chi connectivity index (χ2n) is 3.97. The van der Waals surface area contributed by atoms with Gasteiger partial charge in [-0.15, -0.1) is 11.3 Å². The van der Waals surface area contributed by atoms with Crippen molar-refractivity contribution < 1.29 is 0 Å². The Kier molecular flexibility index (Phi) is 2.26. The van der Waals surface area contributed by atoms with Crippen LogP contribution in [0.25, 0.3) is 10.9 Å². The fourth-order valence-corrected chi connectivity index (χ4v) is 2.54. The molecule has 0 radical (unpaired) electrons. The maximum absolute atomic E-state index is 4.10. The Balaban J connectivity index is 2.04. The smallest absolute Gasteiger partial charge is 0.0794 e. The molecular formula is C13H12N2S. The van der Waals surface area contributed by atoms with E-state index in [1.165, 1.54) is 21.3 Å². The zero-order valence-corrected chi connectivity index (χ0v) is 9.87. The summed E-state index contributed by atoms with van der Waals surface area (Å²) >= 11 is 1.70. The third kappa shape index (κ3) is 1.63. The minimum atomic E-state index is 0.914. The largest absolute Gasteiger partial charge is 0.342 e. The van der Waals surface area contributed by atoms with E-state index in [1.54, 1.807) is 11.3 Å². The van der Waals surface area contributed by atoms with Crippen LogP contribution in [0.3, 0.4) is 0 Å². The molecule has 1 aromatic carbocycles. The second kappa shape index (κ2) is 3.76. The van der Waals surface area contributed by atoms with Gasteiger partial charge in [-0.2, -0.15) is 0 Å². The van der Waals surface area contributed by atoms with Crippen LogP contribution >= 0.6 is 11.3 Å². The molecule has 2 nitrogen and oxygen atoms in total. The Bertz CT molecular complexity index is 608. The summed E-state index contributed by atoms with van der Waals surface area (Å²) in [6, 6.07) is 8.74. The maximum Gasteiger partial charge on any atom is 0.0794 e. The summed E-state index contributed by atoms with van der Waals surface area (Å²) < 4.78 is 2.27. The lowest BCUT2D eigenvalue weighted by Crippen LogP contribution is -1.95. The highest BCUT2D eigenvalue weighted by Crippen LogP contribution is 2.19. The molecule has 0 saturated heterocycles. The fraction of sp³-hybridized carbons (Fsp3) is 0.154. The van der Waals surface area contributed by atoms with Gasteiger partial charge in [-0.25, -0.2) is 0 Å². The third-order valence-electron chi connectivity index (χ3n) is 2.74. The minimum absolute atomic E-state index is 0.914. The number of rotatable bonds is 2. The highest BCUT2D eigenvalue weighted by atomic mass is 32.1. The summed E-state index contributed by atoms with van der Waals surface area (Å²) in [5, 5.41) is 1.31. The van der Waals surface area contributed by atoms with Crippen molar-refractivity contribution in [2.24, 2.45) is 0 Å².